The molecule has 0 aliphatic rings. The van der Waals surface area contributed by atoms with Crippen LogP contribution in [0.4, 0.5) is 0 Å². The number of carbonyl (C=O) groups excluding carboxylic acids is 1. The number of amides is 1. The molecule has 0 bridgehead atoms. The molecule has 0 radical (unpaired) electrons. The monoisotopic (exact) mass is 361 g/mol. The van der Waals surface area contributed by atoms with Gasteiger partial charge in [-0.25, -0.2) is 5.48 Å². The van der Waals surface area contributed by atoms with E-state index in [2.05, 4.69) is 10.2 Å². The van der Waals surface area contributed by atoms with Crippen molar-refractivity contribution in [2.24, 2.45) is 7.05 Å². The zero-order valence-corrected chi connectivity index (χ0v) is 14.8. The molecule has 27 heavy (non-hydrogen) atoms. The molecule has 2 N–H and O–H groups in total. The molecule has 2 aromatic carbocycles. The van der Waals surface area contributed by atoms with Gasteiger partial charge in [-0.3, -0.25) is 19.4 Å². The van der Waals surface area contributed by atoms with Crippen LogP contribution in [0.3, 0.4) is 0 Å². The average Bonchev–Trinajstić information content (AvgIpc) is 3.31. The minimum atomic E-state index is -0.648. The third-order valence-electron chi connectivity index (χ3n) is 4.65. The lowest BCUT2D eigenvalue weighted by Crippen LogP contribution is -2.32. The maximum atomic E-state index is 12.3. The SMILES string of the molecule is Cn1nccc1-c1ccc2cn(C(Cc3ccccc3)C(=O)NO)nc2c1. The molecular formula is C20H19N5O2. The number of rotatable bonds is 5. The van der Waals surface area contributed by atoms with Crippen molar-refractivity contribution in [2.75, 3.05) is 0 Å². The Kier molecular flexibility index (Phi) is 4.43. The van der Waals surface area contributed by atoms with Crippen molar-refractivity contribution in [1.82, 2.24) is 25.0 Å². The van der Waals surface area contributed by atoms with Crippen LogP contribution < -0.4 is 5.48 Å². The summed E-state index contributed by atoms with van der Waals surface area (Å²) in [5.74, 6) is -0.501. The van der Waals surface area contributed by atoms with Crippen LogP contribution in [0.1, 0.15) is 11.6 Å². The van der Waals surface area contributed by atoms with Gasteiger partial charge >= 0.3 is 0 Å². The summed E-state index contributed by atoms with van der Waals surface area (Å²) in [4.78, 5) is 12.3. The van der Waals surface area contributed by atoms with Crippen LogP contribution in [0.2, 0.25) is 0 Å². The van der Waals surface area contributed by atoms with E-state index in [-0.39, 0.29) is 0 Å². The zero-order valence-electron chi connectivity index (χ0n) is 14.8. The van der Waals surface area contributed by atoms with Crippen molar-refractivity contribution < 1.29 is 10.0 Å². The van der Waals surface area contributed by atoms with Crippen LogP contribution in [0, 0.1) is 0 Å². The molecule has 0 fully saturated rings. The number of hydrogen-bond acceptors (Lipinski definition) is 4. The highest BCUT2D eigenvalue weighted by molar-refractivity contribution is 5.85. The van der Waals surface area contributed by atoms with Crippen LogP contribution in [0.25, 0.3) is 22.2 Å². The number of aromatic nitrogens is 4. The summed E-state index contributed by atoms with van der Waals surface area (Å²) < 4.78 is 3.41. The van der Waals surface area contributed by atoms with Crippen LogP contribution >= 0.6 is 0 Å². The molecule has 2 aromatic heterocycles. The normalized spacial score (nSPS) is 12.2. The van der Waals surface area contributed by atoms with Crippen molar-refractivity contribution in [3.63, 3.8) is 0 Å². The highest BCUT2D eigenvalue weighted by atomic mass is 16.5. The number of aryl methyl sites for hydroxylation is 1. The first-order valence-electron chi connectivity index (χ1n) is 8.61. The number of hydrogen-bond donors (Lipinski definition) is 2. The lowest BCUT2D eigenvalue weighted by atomic mass is 10.1. The molecule has 4 rings (SSSR count). The van der Waals surface area contributed by atoms with E-state index < -0.39 is 11.9 Å². The topological polar surface area (TPSA) is 85.0 Å². The predicted molar refractivity (Wildman–Crippen MR) is 101 cm³/mol. The first-order valence-corrected chi connectivity index (χ1v) is 8.61. The van der Waals surface area contributed by atoms with E-state index in [1.54, 1.807) is 21.0 Å². The number of hydroxylamine groups is 1. The summed E-state index contributed by atoms with van der Waals surface area (Å²) in [7, 11) is 1.89. The van der Waals surface area contributed by atoms with Crippen LogP contribution in [-0.2, 0) is 18.3 Å². The average molecular weight is 361 g/mol. The van der Waals surface area contributed by atoms with Gasteiger partial charge in [0.25, 0.3) is 5.91 Å². The quantitative estimate of drug-likeness (QED) is 0.423. The van der Waals surface area contributed by atoms with Gasteiger partial charge in [-0.2, -0.15) is 10.2 Å². The Labute approximate surface area is 155 Å². The van der Waals surface area contributed by atoms with Gasteiger partial charge < -0.3 is 0 Å². The highest BCUT2D eigenvalue weighted by Gasteiger charge is 2.22. The van der Waals surface area contributed by atoms with E-state index in [9.17, 15) is 4.79 Å². The number of benzene rings is 2. The summed E-state index contributed by atoms with van der Waals surface area (Å²) >= 11 is 0. The van der Waals surface area contributed by atoms with E-state index in [1.807, 2.05) is 67.8 Å². The largest absolute Gasteiger partial charge is 0.289 e. The second kappa shape index (κ2) is 7.05. The standard InChI is InChI=1S/C20H19N5O2/c1-24-18(9-10-21-24)15-7-8-16-13-25(22-17(16)12-15)19(20(26)23-27)11-14-5-3-2-4-6-14/h2-10,12-13,19,27H,11H2,1H3,(H,23,26). The molecule has 136 valence electrons. The van der Waals surface area contributed by atoms with Crippen molar-refractivity contribution in [1.29, 1.82) is 0 Å². The fraction of sp³-hybridized carbons (Fsp3) is 0.150. The molecule has 1 amide bonds. The van der Waals surface area contributed by atoms with Crippen molar-refractivity contribution in [3.8, 4) is 11.3 Å². The fourth-order valence-corrected chi connectivity index (χ4v) is 3.23. The number of fused-ring (bicyclic) bond motifs is 1. The van der Waals surface area contributed by atoms with Gasteiger partial charge in [-0.1, -0.05) is 42.5 Å². The van der Waals surface area contributed by atoms with Gasteiger partial charge in [0.1, 0.15) is 6.04 Å². The maximum absolute atomic E-state index is 12.3. The van der Waals surface area contributed by atoms with Gasteiger partial charge in [-0.05, 0) is 17.7 Å². The Bertz CT molecular complexity index is 1080. The predicted octanol–water partition coefficient (Wildman–Crippen LogP) is 2.73. The zero-order chi connectivity index (χ0) is 18.8. The first kappa shape index (κ1) is 17.0. The smallest absolute Gasteiger partial charge is 0.268 e. The lowest BCUT2D eigenvalue weighted by Gasteiger charge is -2.15. The molecule has 4 aromatic rings. The Morgan fingerprint density at radius 2 is 2.00 bits per heavy atom. The van der Waals surface area contributed by atoms with Gasteiger partial charge in [0, 0.05) is 36.8 Å². The second-order valence-electron chi connectivity index (χ2n) is 6.40. The molecule has 0 aliphatic carbocycles. The number of carbonyl (C=O) groups is 1. The van der Waals surface area contributed by atoms with Gasteiger partial charge in [-0.15, -0.1) is 0 Å². The highest BCUT2D eigenvalue weighted by Crippen LogP contribution is 2.25. The minimum absolute atomic E-state index is 0.426. The van der Waals surface area contributed by atoms with Crippen LogP contribution in [0.5, 0.6) is 0 Å². The van der Waals surface area contributed by atoms with Crippen LogP contribution in [0.15, 0.2) is 67.0 Å². The molecule has 0 aliphatic heterocycles. The molecule has 1 atom stereocenters. The van der Waals surface area contributed by atoms with Gasteiger partial charge in [0.2, 0.25) is 0 Å². The van der Waals surface area contributed by atoms with E-state index in [1.165, 1.54) is 0 Å². The number of nitrogens with zero attached hydrogens (tertiary/aromatic N) is 4. The summed E-state index contributed by atoms with van der Waals surface area (Å²) in [6, 6.07) is 16.9. The Morgan fingerprint density at radius 1 is 1.19 bits per heavy atom. The Morgan fingerprint density at radius 3 is 2.70 bits per heavy atom. The third-order valence-corrected chi connectivity index (χ3v) is 4.65. The van der Waals surface area contributed by atoms with Crippen LogP contribution in [-0.4, -0.2) is 30.7 Å². The first-order chi connectivity index (χ1) is 13.2. The summed E-state index contributed by atoms with van der Waals surface area (Å²) in [6.07, 6.45) is 4.00. The Balaban J connectivity index is 1.72. The fourth-order valence-electron chi connectivity index (χ4n) is 3.23. The summed E-state index contributed by atoms with van der Waals surface area (Å²) in [5, 5.41) is 18.9. The molecule has 2 heterocycles. The molecule has 0 saturated carbocycles. The Hall–Kier alpha value is -3.45. The van der Waals surface area contributed by atoms with E-state index in [0.717, 1.165) is 27.7 Å². The second-order valence-corrected chi connectivity index (χ2v) is 6.40. The molecular weight excluding hydrogens is 342 g/mol. The van der Waals surface area contributed by atoms with E-state index >= 15 is 0 Å². The molecule has 1 unspecified atom stereocenters. The molecule has 0 saturated heterocycles. The van der Waals surface area contributed by atoms with Crippen molar-refractivity contribution >= 4 is 16.8 Å². The van der Waals surface area contributed by atoms with Crippen molar-refractivity contribution in [3.05, 3.63) is 72.6 Å². The third kappa shape index (κ3) is 3.32. The maximum Gasteiger partial charge on any atom is 0.268 e. The van der Waals surface area contributed by atoms with E-state index in [0.29, 0.717) is 6.42 Å². The van der Waals surface area contributed by atoms with Gasteiger partial charge in [0.15, 0.2) is 0 Å². The lowest BCUT2D eigenvalue weighted by molar-refractivity contribution is -0.132. The molecule has 7 nitrogen and oxygen atoms in total. The van der Waals surface area contributed by atoms with Gasteiger partial charge in [0.05, 0.1) is 11.2 Å². The molecule has 7 heteroatoms. The van der Waals surface area contributed by atoms with E-state index in [4.69, 9.17) is 5.21 Å². The van der Waals surface area contributed by atoms with Crippen molar-refractivity contribution in [2.45, 2.75) is 12.5 Å². The number of nitrogens with one attached hydrogen (secondary N) is 1. The summed E-state index contributed by atoms with van der Waals surface area (Å²) in [6.45, 7) is 0. The minimum Gasteiger partial charge on any atom is -0.289 e. The molecule has 0 spiro atoms. The summed E-state index contributed by atoms with van der Waals surface area (Å²) in [5.41, 5.74) is 5.51.